The number of carbonyl (C=O) groups excluding carboxylic acids is 1. The Balaban J connectivity index is 1.80. The van der Waals surface area contributed by atoms with Crippen LogP contribution in [-0.4, -0.2) is 27.7 Å². The second-order valence-corrected chi connectivity index (χ2v) is 9.05. The van der Waals surface area contributed by atoms with Crippen LogP contribution in [0.3, 0.4) is 0 Å². The van der Waals surface area contributed by atoms with Crippen LogP contribution in [0.15, 0.2) is 0 Å². The third kappa shape index (κ3) is 2.55. The predicted octanol–water partition coefficient (Wildman–Crippen LogP) is 4.51. The lowest BCUT2D eigenvalue weighted by molar-refractivity contribution is -0.147. The van der Waals surface area contributed by atoms with Crippen molar-refractivity contribution in [2.24, 2.45) is 11.3 Å². The highest BCUT2D eigenvalue weighted by Crippen LogP contribution is 2.48. The van der Waals surface area contributed by atoms with Gasteiger partial charge in [0.05, 0.1) is 0 Å². The van der Waals surface area contributed by atoms with Crippen LogP contribution in [0.5, 0.6) is 0 Å². The van der Waals surface area contributed by atoms with E-state index in [2.05, 4.69) is 34.7 Å². The zero-order chi connectivity index (χ0) is 14.3. The first-order chi connectivity index (χ1) is 9.52. The SMILES string of the molecule is CC(C)CC1(C(=O)N2C3CCC2CC(Br)C3)CCCC1. The van der Waals surface area contributed by atoms with Crippen molar-refractivity contribution in [1.82, 2.24) is 4.90 Å². The number of hydrogen-bond acceptors (Lipinski definition) is 1. The van der Waals surface area contributed by atoms with Gasteiger partial charge < -0.3 is 4.90 Å². The fourth-order valence-electron chi connectivity index (χ4n) is 5.05. The van der Waals surface area contributed by atoms with Gasteiger partial charge in [0, 0.05) is 22.3 Å². The Bertz CT molecular complexity index is 361. The van der Waals surface area contributed by atoms with E-state index in [1.165, 1.54) is 38.5 Å². The highest BCUT2D eigenvalue weighted by molar-refractivity contribution is 9.09. The fraction of sp³-hybridized carbons (Fsp3) is 0.941. The fourth-order valence-corrected chi connectivity index (χ4v) is 5.92. The second-order valence-electron chi connectivity index (χ2n) is 7.75. The van der Waals surface area contributed by atoms with Gasteiger partial charge in [-0.1, -0.05) is 42.6 Å². The van der Waals surface area contributed by atoms with Crippen LogP contribution in [-0.2, 0) is 4.79 Å². The Morgan fingerprint density at radius 3 is 2.25 bits per heavy atom. The third-order valence-electron chi connectivity index (χ3n) is 5.72. The molecule has 20 heavy (non-hydrogen) atoms. The molecule has 2 unspecified atom stereocenters. The van der Waals surface area contributed by atoms with Crippen LogP contribution in [0, 0.1) is 11.3 Å². The highest BCUT2D eigenvalue weighted by atomic mass is 79.9. The molecule has 2 aliphatic heterocycles. The molecule has 0 aromatic carbocycles. The van der Waals surface area contributed by atoms with Crippen LogP contribution >= 0.6 is 15.9 Å². The van der Waals surface area contributed by atoms with Gasteiger partial charge in [-0.05, 0) is 50.9 Å². The highest BCUT2D eigenvalue weighted by Gasteiger charge is 2.50. The van der Waals surface area contributed by atoms with Gasteiger partial charge in [0.25, 0.3) is 0 Å². The molecule has 2 atom stereocenters. The van der Waals surface area contributed by atoms with E-state index in [1.54, 1.807) is 0 Å². The van der Waals surface area contributed by atoms with E-state index in [-0.39, 0.29) is 5.41 Å². The largest absolute Gasteiger partial charge is 0.336 e. The van der Waals surface area contributed by atoms with Crippen molar-refractivity contribution in [3.8, 4) is 0 Å². The lowest BCUT2D eigenvalue weighted by Gasteiger charge is -2.43. The van der Waals surface area contributed by atoms with Gasteiger partial charge in [0.15, 0.2) is 0 Å². The molecule has 0 N–H and O–H groups in total. The molecule has 1 amide bonds. The van der Waals surface area contributed by atoms with E-state index in [1.807, 2.05) is 0 Å². The van der Waals surface area contributed by atoms with Gasteiger partial charge in [-0.2, -0.15) is 0 Å². The van der Waals surface area contributed by atoms with E-state index in [4.69, 9.17) is 0 Å². The molecular weight excluding hydrogens is 314 g/mol. The van der Waals surface area contributed by atoms with Crippen LogP contribution in [0.1, 0.15) is 71.6 Å². The zero-order valence-corrected chi connectivity index (χ0v) is 14.5. The summed E-state index contributed by atoms with van der Waals surface area (Å²) in [6.45, 7) is 4.54. The normalized spacial score (nSPS) is 35.8. The Labute approximate surface area is 131 Å². The topological polar surface area (TPSA) is 20.3 Å². The lowest BCUT2D eigenvalue weighted by Crippen LogP contribution is -2.52. The van der Waals surface area contributed by atoms with Crippen molar-refractivity contribution >= 4 is 21.8 Å². The number of halogens is 1. The summed E-state index contributed by atoms with van der Waals surface area (Å²) < 4.78 is 0. The van der Waals surface area contributed by atoms with Gasteiger partial charge in [-0.3, -0.25) is 4.79 Å². The summed E-state index contributed by atoms with van der Waals surface area (Å²) in [6, 6.07) is 1.05. The monoisotopic (exact) mass is 341 g/mol. The van der Waals surface area contributed by atoms with Crippen LogP contribution in [0.2, 0.25) is 0 Å². The number of hydrogen-bond donors (Lipinski definition) is 0. The van der Waals surface area contributed by atoms with Crippen LogP contribution in [0.25, 0.3) is 0 Å². The molecule has 3 aliphatic rings. The van der Waals surface area contributed by atoms with Crippen LogP contribution in [0.4, 0.5) is 0 Å². The summed E-state index contributed by atoms with van der Waals surface area (Å²) in [4.78, 5) is 16.3. The summed E-state index contributed by atoms with van der Waals surface area (Å²) >= 11 is 3.78. The van der Waals surface area contributed by atoms with Crippen LogP contribution < -0.4 is 0 Å². The summed E-state index contributed by atoms with van der Waals surface area (Å²) in [5.74, 6) is 1.15. The third-order valence-corrected chi connectivity index (χ3v) is 6.47. The molecule has 1 saturated carbocycles. The molecule has 114 valence electrons. The predicted molar refractivity (Wildman–Crippen MR) is 86.0 cm³/mol. The molecule has 1 aliphatic carbocycles. The molecule has 0 radical (unpaired) electrons. The average Bonchev–Trinajstić information content (AvgIpc) is 2.93. The van der Waals surface area contributed by atoms with Gasteiger partial charge in [-0.15, -0.1) is 0 Å². The molecule has 2 heterocycles. The summed E-state index contributed by atoms with van der Waals surface area (Å²) in [5.41, 5.74) is -0.00580. The maximum absolute atomic E-state index is 13.3. The molecule has 0 spiro atoms. The standard InChI is InChI=1S/C17H28BrNO/c1-12(2)11-17(7-3-4-8-17)16(20)19-14-5-6-15(19)10-13(18)9-14/h12-15H,3-11H2,1-2H3. The van der Waals surface area contributed by atoms with E-state index < -0.39 is 0 Å². The van der Waals surface area contributed by atoms with Gasteiger partial charge in [0.1, 0.15) is 0 Å². The first-order valence-electron chi connectivity index (χ1n) is 8.49. The first-order valence-corrected chi connectivity index (χ1v) is 9.40. The number of rotatable bonds is 3. The molecular formula is C17H28BrNO. The molecule has 2 nitrogen and oxygen atoms in total. The van der Waals surface area contributed by atoms with E-state index >= 15 is 0 Å². The van der Waals surface area contributed by atoms with Crippen molar-refractivity contribution in [3.05, 3.63) is 0 Å². The van der Waals surface area contributed by atoms with Crippen molar-refractivity contribution in [3.63, 3.8) is 0 Å². The van der Waals surface area contributed by atoms with Crippen molar-refractivity contribution < 1.29 is 4.79 Å². The smallest absolute Gasteiger partial charge is 0.229 e. The van der Waals surface area contributed by atoms with Gasteiger partial charge >= 0.3 is 0 Å². The Morgan fingerprint density at radius 1 is 1.20 bits per heavy atom. The molecule has 3 fully saturated rings. The zero-order valence-electron chi connectivity index (χ0n) is 12.9. The quantitative estimate of drug-likeness (QED) is 0.691. The van der Waals surface area contributed by atoms with E-state index in [0.717, 1.165) is 19.3 Å². The summed E-state index contributed by atoms with van der Waals surface area (Å²) in [7, 11) is 0. The molecule has 0 aromatic heterocycles. The van der Waals surface area contributed by atoms with Crippen molar-refractivity contribution in [2.45, 2.75) is 88.5 Å². The number of alkyl halides is 1. The minimum absolute atomic E-state index is 0.00580. The average molecular weight is 342 g/mol. The number of fused-ring (bicyclic) bond motifs is 2. The molecule has 3 heteroatoms. The van der Waals surface area contributed by atoms with Crippen molar-refractivity contribution in [2.75, 3.05) is 0 Å². The number of nitrogens with zero attached hydrogens (tertiary/aromatic N) is 1. The van der Waals surface area contributed by atoms with Gasteiger partial charge in [-0.25, -0.2) is 0 Å². The van der Waals surface area contributed by atoms with Crippen molar-refractivity contribution in [1.29, 1.82) is 0 Å². The second kappa shape index (κ2) is 5.62. The maximum atomic E-state index is 13.3. The maximum Gasteiger partial charge on any atom is 0.229 e. The molecule has 2 saturated heterocycles. The first kappa shape index (κ1) is 14.9. The minimum Gasteiger partial charge on any atom is -0.336 e. The Hall–Kier alpha value is -0.0500. The molecule has 3 rings (SSSR count). The Morgan fingerprint density at radius 2 is 1.75 bits per heavy atom. The number of amides is 1. The summed E-state index contributed by atoms with van der Waals surface area (Å²) in [6.07, 6.45) is 10.7. The minimum atomic E-state index is -0.00580. The van der Waals surface area contributed by atoms with E-state index in [9.17, 15) is 4.79 Å². The lowest BCUT2D eigenvalue weighted by atomic mass is 9.76. The number of carbonyl (C=O) groups is 1. The summed E-state index contributed by atoms with van der Waals surface area (Å²) in [5, 5.41) is 0. The number of piperidine rings is 1. The van der Waals surface area contributed by atoms with E-state index in [0.29, 0.717) is 28.7 Å². The molecule has 2 bridgehead atoms. The molecule has 0 aromatic rings. The Kier molecular flexibility index (Phi) is 4.18. The van der Waals surface area contributed by atoms with Gasteiger partial charge in [0.2, 0.25) is 5.91 Å².